The predicted molar refractivity (Wildman–Crippen MR) is 98.4 cm³/mol. The topological polar surface area (TPSA) is 104 Å². The predicted octanol–water partition coefficient (Wildman–Crippen LogP) is -0.391. The molecule has 1 amide bonds. The number of hydrogen-bond donors (Lipinski definition) is 1. The zero-order valence-electron chi connectivity index (χ0n) is 14.4. The van der Waals surface area contributed by atoms with Gasteiger partial charge in [-0.1, -0.05) is 6.07 Å². The van der Waals surface area contributed by atoms with E-state index in [9.17, 15) is 14.4 Å². The Hall–Kier alpha value is -2.94. The fourth-order valence-corrected chi connectivity index (χ4v) is 2.60. The van der Waals surface area contributed by atoms with Gasteiger partial charge in [0.2, 0.25) is 5.91 Å². The minimum absolute atomic E-state index is 0. The number of amides is 1. The van der Waals surface area contributed by atoms with Crippen LogP contribution < -0.4 is 16.6 Å². The van der Waals surface area contributed by atoms with Crippen LogP contribution in [-0.2, 0) is 31.9 Å². The van der Waals surface area contributed by atoms with Gasteiger partial charge in [0.25, 0.3) is 5.56 Å². The first-order valence-corrected chi connectivity index (χ1v) is 7.76. The van der Waals surface area contributed by atoms with Crippen molar-refractivity contribution in [3.05, 3.63) is 57.3 Å². The van der Waals surface area contributed by atoms with Crippen LogP contribution in [0.3, 0.4) is 0 Å². The number of pyridine rings is 1. The van der Waals surface area contributed by atoms with Crippen LogP contribution in [0.25, 0.3) is 11.2 Å². The Labute approximate surface area is 154 Å². The molecule has 3 rings (SSSR count). The second-order valence-electron chi connectivity index (χ2n) is 5.67. The minimum atomic E-state index is -0.475. The van der Waals surface area contributed by atoms with Crippen molar-refractivity contribution >= 4 is 29.5 Å². The van der Waals surface area contributed by atoms with Crippen molar-refractivity contribution in [1.29, 1.82) is 0 Å². The summed E-state index contributed by atoms with van der Waals surface area (Å²) in [6.07, 6.45) is 3.71. The number of imidazole rings is 1. The smallest absolute Gasteiger partial charge is 0.332 e. The van der Waals surface area contributed by atoms with E-state index in [0.29, 0.717) is 13.0 Å². The van der Waals surface area contributed by atoms with Gasteiger partial charge in [0.1, 0.15) is 6.54 Å². The summed E-state index contributed by atoms with van der Waals surface area (Å²) < 4.78 is 3.74. The Kier molecular flexibility index (Phi) is 5.93. The first-order chi connectivity index (χ1) is 12.0. The molecule has 0 aliphatic carbocycles. The van der Waals surface area contributed by atoms with Crippen molar-refractivity contribution in [2.75, 3.05) is 6.54 Å². The number of aromatic nitrogens is 5. The third kappa shape index (κ3) is 3.67. The standard InChI is InChI=1S/C16H18N6O3.ClH/c1-20-14-13(15(24)21(2)16(20)25)22(10-19-14)9-12(23)18-8-6-11-5-3-4-7-17-11;/h3-5,7,10H,6,8-9H2,1-2H3,(H,18,23);1H. The second kappa shape index (κ2) is 7.96. The first-order valence-electron chi connectivity index (χ1n) is 7.76. The summed E-state index contributed by atoms with van der Waals surface area (Å²) in [4.78, 5) is 44.6. The molecule has 10 heteroatoms. The average Bonchev–Trinajstić information content (AvgIpc) is 3.02. The van der Waals surface area contributed by atoms with E-state index < -0.39 is 11.2 Å². The summed E-state index contributed by atoms with van der Waals surface area (Å²) in [7, 11) is 2.93. The lowest BCUT2D eigenvalue weighted by Gasteiger charge is -2.07. The number of halogens is 1. The minimum Gasteiger partial charge on any atom is -0.354 e. The van der Waals surface area contributed by atoms with E-state index in [-0.39, 0.29) is 36.0 Å². The molecule has 0 aromatic carbocycles. The van der Waals surface area contributed by atoms with E-state index >= 15 is 0 Å². The summed E-state index contributed by atoms with van der Waals surface area (Å²) in [5.74, 6) is -0.244. The van der Waals surface area contributed by atoms with Gasteiger partial charge in [0.05, 0.1) is 6.33 Å². The summed E-state index contributed by atoms with van der Waals surface area (Å²) >= 11 is 0. The van der Waals surface area contributed by atoms with Crippen LogP contribution in [0, 0.1) is 0 Å². The molecule has 9 nitrogen and oxygen atoms in total. The number of rotatable bonds is 5. The lowest BCUT2D eigenvalue weighted by molar-refractivity contribution is -0.121. The number of carbonyl (C=O) groups is 1. The van der Waals surface area contributed by atoms with Gasteiger partial charge in [-0.25, -0.2) is 9.78 Å². The Balaban J connectivity index is 0.00000243. The third-order valence-corrected chi connectivity index (χ3v) is 3.96. The Morgan fingerprint density at radius 3 is 2.62 bits per heavy atom. The quantitative estimate of drug-likeness (QED) is 0.651. The number of nitrogens with one attached hydrogen (secondary N) is 1. The lowest BCUT2D eigenvalue weighted by atomic mass is 10.3. The average molecular weight is 379 g/mol. The first kappa shape index (κ1) is 19.4. The summed E-state index contributed by atoms with van der Waals surface area (Å²) in [6.45, 7) is 0.394. The molecule has 0 saturated carbocycles. The molecule has 1 N–H and O–H groups in total. The van der Waals surface area contributed by atoms with Gasteiger partial charge in [-0.2, -0.15) is 0 Å². The molecule has 0 saturated heterocycles. The molecular weight excluding hydrogens is 360 g/mol. The van der Waals surface area contributed by atoms with Crippen molar-refractivity contribution in [1.82, 2.24) is 29.0 Å². The molecule has 0 bridgehead atoms. The van der Waals surface area contributed by atoms with Gasteiger partial charge in [-0.3, -0.25) is 23.7 Å². The van der Waals surface area contributed by atoms with Crippen LogP contribution in [0.5, 0.6) is 0 Å². The molecule has 3 aromatic rings. The normalized spacial score (nSPS) is 10.5. The van der Waals surface area contributed by atoms with Gasteiger partial charge in [0, 0.05) is 39.0 Å². The maximum Gasteiger partial charge on any atom is 0.332 e. The largest absolute Gasteiger partial charge is 0.354 e. The summed E-state index contributed by atoms with van der Waals surface area (Å²) in [5, 5.41) is 2.79. The Morgan fingerprint density at radius 2 is 1.92 bits per heavy atom. The van der Waals surface area contributed by atoms with Crippen molar-refractivity contribution in [2.24, 2.45) is 14.1 Å². The maximum absolute atomic E-state index is 12.3. The Morgan fingerprint density at radius 1 is 1.15 bits per heavy atom. The van der Waals surface area contributed by atoms with E-state index in [0.717, 1.165) is 10.3 Å². The monoisotopic (exact) mass is 378 g/mol. The van der Waals surface area contributed by atoms with Crippen molar-refractivity contribution in [3.63, 3.8) is 0 Å². The van der Waals surface area contributed by atoms with Crippen LogP contribution in [0.2, 0.25) is 0 Å². The second-order valence-corrected chi connectivity index (χ2v) is 5.67. The number of carbonyl (C=O) groups excluding carboxylic acids is 1. The SMILES string of the molecule is Cl.Cn1c(=O)c2c(ncn2CC(=O)NCCc2ccccn2)n(C)c1=O. The molecule has 0 radical (unpaired) electrons. The van der Waals surface area contributed by atoms with Crippen molar-refractivity contribution in [2.45, 2.75) is 13.0 Å². The molecule has 138 valence electrons. The number of hydrogen-bond acceptors (Lipinski definition) is 5. The third-order valence-electron chi connectivity index (χ3n) is 3.96. The highest BCUT2D eigenvalue weighted by Crippen LogP contribution is 2.05. The van der Waals surface area contributed by atoms with Gasteiger partial charge in [-0.05, 0) is 12.1 Å². The number of fused-ring (bicyclic) bond motifs is 1. The molecule has 3 aromatic heterocycles. The van der Waals surface area contributed by atoms with Crippen molar-refractivity contribution < 1.29 is 4.79 Å². The van der Waals surface area contributed by atoms with Crippen LogP contribution in [0.1, 0.15) is 5.69 Å². The highest BCUT2D eigenvalue weighted by molar-refractivity contribution is 5.85. The molecule has 0 unspecified atom stereocenters. The van der Waals surface area contributed by atoms with Gasteiger partial charge in [-0.15, -0.1) is 12.4 Å². The van der Waals surface area contributed by atoms with E-state index in [2.05, 4.69) is 15.3 Å². The fourth-order valence-electron chi connectivity index (χ4n) is 2.60. The van der Waals surface area contributed by atoms with Gasteiger partial charge < -0.3 is 9.88 Å². The van der Waals surface area contributed by atoms with Gasteiger partial charge in [0.15, 0.2) is 11.2 Å². The number of nitrogens with zero attached hydrogens (tertiary/aromatic N) is 5. The zero-order chi connectivity index (χ0) is 18.0. The molecule has 26 heavy (non-hydrogen) atoms. The van der Waals surface area contributed by atoms with E-state index in [1.165, 1.54) is 29.6 Å². The van der Waals surface area contributed by atoms with Crippen LogP contribution in [0.15, 0.2) is 40.3 Å². The zero-order valence-corrected chi connectivity index (χ0v) is 15.2. The summed E-state index contributed by atoms with van der Waals surface area (Å²) in [5.41, 5.74) is 0.443. The molecule has 0 aliphatic heterocycles. The van der Waals surface area contributed by atoms with Crippen LogP contribution in [0.4, 0.5) is 0 Å². The van der Waals surface area contributed by atoms with Crippen molar-refractivity contribution in [3.8, 4) is 0 Å². The Bertz CT molecular complexity index is 1040. The lowest BCUT2D eigenvalue weighted by Crippen LogP contribution is -2.38. The highest BCUT2D eigenvalue weighted by Gasteiger charge is 2.15. The fraction of sp³-hybridized carbons (Fsp3) is 0.312. The highest BCUT2D eigenvalue weighted by atomic mass is 35.5. The van der Waals surface area contributed by atoms with E-state index in [1.807, 2.05) is 18.2 Å². The molecule has 3 heterocycles. The number of aryl methyl sites for hydroxylation is 1. The summed E-state index contributed by atoms with van der Waals surface area (Å²) in [6, 6.07) is 5.61. The van der Waals surface area contributed by atoms with Crippen LogP contribution >= 0.6 is 12.4 Å². The van der Waals surface area contributed by atoms with E-state index in [1.54, 1.807) is 6.20 Å². The molecule has 0 spiro atoms. The molecule has 0 atom stereocenters. The molecule has 0 aliphatic rings. The maximum atomic E-state index is 12.3. The van der Waals surface area contributed by atoms with Crippen LogP contribution in [-0.4, -0.2) is 36.1 Å². The van der Waals surface area contributed by atoms with Gasteiger partial charge >= 0.3 is 5.69 Å². The molecular formula is C16H19ClN6O3. The van der Waals surface area contributed by atoms with E-state index in [4.69, 9.17) is 0 Å². The molecule has 0 fully saturated rings.